The second kappa shape index (κ2) is 10.8. The van der Waals surface area contributed by atoms with Crippen molar-refractivity contribution in [1.29, 1.82) is 0 Å². The van der Waals surface area contributed by atoms with E-state index in [9.17, 15) is 8.42 Å². The van der Waals surface area contributed by atoms with Gasteiger partial charge in [0.25, 0.3) is 0 Å². The number of nitrogens with one attached hydrogen (secondary N) is 2. The molecule has 1 aromatic carbocycles. The van der Waals surface area contributed by atoms with Gasteiger partial charge in [-0.2, -0.15) is 0 Å². The average Bonchev–Trinajstić information content (AvgIpc) is 2.47. The first-order chi connectivity index (χ1) is 10.4. The van der Waals surface area contributed by atoms with Crippen LogP contribution in [0.1, 0.15) is 32.8 Å². The highest BCUT2D eigenvalue weighted by Gasteiger charge is 2.06. The fraction of sp³-hybridized carbons (Fsp3) is 0.533. The van der Waals surface area contributed by atoms with Gasteiger partial charge in [-0.25, -0.2) is 13.6 Å². The molecule has 0 bridgehead atoms. The first-order valence-corrected chi connectivity index (χ1v) is 9.08. The molecule has 23 heavy (non-hydrogen) atoms. The first kappa shape index (κ1) is 22.1. The summed E-state index contributed by atoms with van der Waals surface area (Å²) in [5.74, 6) is 0.804. The van der Waals surface area contributed by atoms with Crippen LogP contribution in [0.4, 0.5) is 0 Å². The van der Waals surface area contributed by atoms with Crippen molar-refractivity contribution in [2.75, 3.05) is 13.1 Å². The minimum absolute atomic E-state index is 0. The number of guanidine groups is 1. The van der Waals surface area contributed by atoms with Crippen LogP contribution in [-0.2, 0) is 16.4 Å². The molecule has 8 heteroatoms. The zero-order chi connectivity index (χ0) is 16.6. The van der Waals surface area contributed by atoms with E-state index in [1.165, 1.54) is 12.1 Å². The van der Waals surface area contributed by atoms with Crippen molar-refractivity contribution in [2.45, 2.75) is 44.6 Å². The molecule has 1 aromatic rings. The Kier molecular flexibility index (Phi) is 10.4. The van der Waals surface area contributed by atoms with E-state index in [4.69, 9.17) is 5.14 Å². The van der Waals surface area contributed by atoms with Crippen molar-refractivity contribution < 1.29 is 8.42 Å². The van der Waals surface area contributed by atoms with Gasteiger partial charge in [0.15, 0.2) is 5.96 Å². The van der Waals surface area contributed by atoms with Crippen LogP contribution < -0.4 is 15.8 Å². The minimum atomic E-state index is -3.62. The summed E-state index contributed by atoms with van der Waals surface area (Å²) >= 11 is 0. The highest BCUT2D eigenvalue weighted by atomic mass is 127. The molecule has 1 rings (SSSR count). The second-order valence-corrected chi connectivity index (χ2v) is 6.71. The summed E-state index contributed by atoms with van der Waals surface area (Å²) in [7, 11) is -3.62. The van der Waals surface area contributed by atoms with Gasteiger partial charge in [0, 0.05) is 19.1 Å². The Morgan fingerprint density at radius 1 is 1.26 bits per heavy atom. The molecule has 0 spiro atoms. The average molecular weight is 454 g/mol. The summed E-state index contributed by atoms with van der Waals surface area (Å²) in [5.41, 5.74) is 1.02. The van der Waals surface area contributed by atoms with Gasteiger partial charge in [0.2, 0.25) is 10.0 Å². The largest absolute Gasteiger partial charge is 0.357 e. The molecule has 0 radical (unpaired) electrons. The van der Waals surface area contributed by atoms with Crippen LogP contribution in [0.2, 0.25) is 0 Å². The van der Waals surface area contributed by atoms with Crippen LogP contribution in [0.5, 0.6) is 0 Å². The van der Waals surface area contributed by atoms with Crippen molar-refractivity contribution in [3.05, 3.63) is 29.8 Å². The number of hydrogen-bond acceptors (Lipinski definition) is 3. The van der Waals surface area contributed by atoms with Crippen molar-refractivity contribution in [3.8, 4) is 0 Å². The number of nitrogens with zero attached hydrogens (tertiary/aromatic N) is 1. The number of halogens is 1. The Morgan fingerprint density at radius 3 is 2.35 bits per heavy atom. The maximum Gasteiger partial charge on any atom is 0.238 e. The molecule has 0 amide bonds. The molecule has 0 fully saturated rings. The van der Waals surface area contributed by atoms with Gasteiger partial charge in [-0.3, -0.25) is 4.99 Å². The van der Waals surface area contributed by atoms with E-state index in [-0.39, 0.29) is 28.9 Å². The smallest absolute Gasteiger partial charge is 0.238 e. The van der Waals surface area contributed by atoms with Crippen LogP contribution in [0.15, 0.2) is 34.2 Å². The Labute approximate surface area is 156 Å². The van der Waals surface area contributed by atoms with Crippen LogP contribution in [0, 0.1) is 0 Å². The lowest BCUT2D eigenvalue weighted by molar-refractivity contribution is 0.598. The molecule has 0 aliphatic carbocycles. The summed E-state index contributed by atoms with van der Waals surface area (Å²) in [6.07, 6.45) is 1.77. The summed E-state index contributed by atoms with van der Waals surface area (Å²) in [6.45, 7) is 7.69. The molecule has 1 atom stereocenters. The topological polar surface area (TPSA) is 96.6 Å². The van der Waals surface area contributed by atoms with E-state index in [2.05, 4.69) is 29.5 Å². The molecule has 0 aliphatic heterocycles. The number of primary sulfonamides is 1. The fourth-order valence-electron chi connectivity index (χ4n) is 1.80. The minimum Gasteiger partial charge on any atom is -0.357 e. The molecule has 4 N–H and O–H groups in total. The maximum atomic E-state index is 11.2. The zero-order valence-corrected chi connectivity index (χ0v) is 17.0. The van der Waals surface area contributed by atoms with Crippen LogP contribution >= 0.6 is 24.0 Å². The van der Waals surface area contributed by atoms with Crippen molar-refractivity contribution >= 4 is 40.0 Å². The Bertz CT molecular complexity index is 588. The highest BCUT2D eigenvalue weighted by Crippen LogP contribution is 2.09. The molecule has 0 aliphatic rings. The van der Waals surface area contributed by atoms with Gasteiger partial charge in [-0.05, 0) is 44.4 Å². The lowest BCUT2D eigenvalue weighted by Crippen LogP contribution is -2.42. The molecule has 0 aromatic heterocycles. The summed E-state index contributed by atoms with van der Waals surface area (Å²) in [5, 5.41) is 11.6. The lowest BCUT2D eigenvalue weighted by atomic mass is 10.1. The first-order valence-electron chi connectivity index (χ1n) is 7.53. The monoisotopic (exact) mass is 454 g/mol. The fourth-order valence-corrected chi connectivity index (χ4v) is 2.31. The van der Waals surface area contributed by atoms with E-state index < -0.39 is 10.0 Å². The van der Waals surface area contributed by atoms with E-state index in [0.29, 0.717) is 12.6 Å². The number of benzene rings is 1. The number of sulfonamides is 1. The Balaban J connectivity index is 0.00000484. The van der Waals surface area contributed by atoms with E-state index >= 15 is 0 Å². The lowest BCUT2D eigenvalue weighted by Gasteiger charge is -2.16. The Morgan fingerprint density at radius 2 is 1.87 bits per heavy atom. The summed E-state index contributed by atoms with van der Waals surface area (Å²) < 4.78 is 22.4. The normalized spacial score (nSPS) is 13.1. The van der Waals surface area contributed by atoms with Crippen molar-refractivity contribution in [2.24, 2.45) is 10.1 Å². The van der Waals surface area contributed by atoms with E-state index in [1.807, 2.05) is 6.92 Å². The standard InChI is InChI=1S/C15H26N4O2S.HI/c1-4-12(3)19-15(17-5-2)18-11-10-13-6-8-14(9-7-13)22(16,20)21;/h6-9,12H,4-5,10-11H2,1-3H3,(H2,16,20,21)(H2,17,18,19);1H. The van der Waals surface area contributed by atoms with Gasteiger partial charge in [-0.1, -0.05) is 19.1 Å². The summed E-state index contributed by atoms with van der Waals surface area (Å²) in [4.78, 5) is 4.65. The molecule has 0 saturated carbocycles. The molecule has 0 saturated heterocycles. The van der Waals surface area contributed by atoms with Gasteiger partial charge in [0.1, 0.15) is 0 Å². The zero-order valence-electron chi connectivity index (χ0n) is 13.9. The third kappa shape index (κ3) is 8.52. The number of rotatable bonds is 7. The SMILES string of the molecule is CCNC(=NCCc1ccc(S(N)(=O)=O)cc1)NC(C)CC.I. The van der Waals surface area contributed by atoms with Gasteiger partial charge < -0.3 is 10.6 Å². The van der Waals surface area contributed by atoms with Crippen LogP contribution in [0.3, 0.4) is 0 Å². The molecular formula is C15H27IN4O2S. The predicted molar refractivity (Wildman–Crippen MR) is 106 cm³/mol. The highest BCUT2D eigenvalue weighted by molar-refractivity contribution is 14.0. The maximum absolute atomic E-state index is 11.2. The number of aliphatic imine (C=N–C) groups is 1. The van der Waals surface area contributed by atoms with Crippen molar-refractivity contribution in [1.82, 2.24) is 10.6 Å². The Hall–Kier alpha value is -0.870. The van der Waals surface area contributed by atoms with Crippen LogP contribution in [0.25, 0.3) is 0 Å². The number of hydrogen-bond donors (Lipinski definition) is 3. The van der Waals surface area contributed by atoms with E-state index in [0.717, 1.165) is 30.9 Å². The van der Waals surface area contributed by atoms with Gasteiger partial charge in [-0.15, -0.1) is 24.0 Å². The molecule has 1 unspecified atom stereocenters. The van der Waals surface area contributed by atoms with Gasteiger partial charge >= 0.3 is 0 Å². The number of nitrogens with two attached hydrogens (primary N) is 1. The summed E-state index contributed by atoms with van der Waals surface area (Å²) in [6, 6.07) is 6.95. The van der Waals surface area contributed by atoms with Crippen molar-refractivity contribution in [3.63, 3.8) is 0 Å². The van der Waals surface area contributed by atoms with E-state index in [1.54, 1.807) is 12.1 Å². The third-order valence-electron chi connectivity index (χ3n) is 3.26. The van der Waals surface area contributed by atoms with Crippen LogP contribution in [-0.4, -0.2) is 33.5 Å². The third-order valence-corrected chi connectivity index (χ3v) is 4.19. The predicted octanol–water partition coefficient (Wildman–Crippen LogP) is 1.85. The molecule has 132 valence electrons. The van der Waals surface area contributed by atoms with Gasteiger partial charge in [0.05, 0.1) is 4.90 Å². The second-order valence-electron chi connectivity index (χ2n) is 5.15. The molecular weight excluding hydrogens is 427 g/mol. The quantitative estimate of drug-likeness (QED) is 0.333. The molecule has 0 heterocycles. The molecule has 6 nitrogen and oxygen atoms in total.